The zero-order valence-corrected chi connectivity index (χ0v) is 39.3. The second-order valence-electron chi connectivity index (χ2n) is 17.9. The maximum Gasteiger partial charge on any atom is 0.410 e. The van der Waals surface area contributed by atoms with Gasteiger partial charge in [-0.1, -0.05) is 12.1 Å². The lowest BCUT2D eigenvalue weighted by Gasteiger charge is -2.36. The molecule has 0 spiro atoms. The van der Waals surface area contributed by atoms with Crippen LogP contribution in [0.5, 0.6) is 0 Å². The Kier molecular flexibility index (Phi) is 14.9. The lowest BCUT2D eigenvalue weighted by Crippen LogP contribution is -2.50. The fraction of sp³-hybridized carbons (Fsp3) is 0.447. The fourth-order valence-electron chi connectivity index (χ4n) is 8.45. The van der Waals surface area contributed by atoms with Crippen molar-refractivity contribution in [3.63, 3.8) is 0 Å². The molecule has 372 valence electrons. The van der Waals surface area contributed by atoms with Crippen LogP contribution < -0.4 is 26.5 Å². The van der Waals surface area contributed by atoms with E-state index in [2.05, 4.69) is 31.1 Å². The molecule has 0 saturated carbocycles. The summed E-state index contributed by atoms with van der Waals surface area (Å²) >= 11 is 0. The monoisotopic (exact) mass is 970 g/mol. The third-order valence-electron chi connectivity index (χ3n) is 11.9. The van der Waals surface area contributed by atoms with Crippen molar-refractivity contribution in [1.82, 2.24) is 49.0 Å². The summed E-state index contributed by atoms with van der Waals surface area (Å²) in [6.45, 7) is 8.73. The highest BCUT2D eigenvalue weighted by Crippen LogP contribution is 2.29. The van der Waals surface area contributed by atoms with Crippen molar-refractivity contribution in [1.29, 1.82) is 0 Å². The number of alkyl halides is 2. The quantitative estimate of drug-likeness (QED) is 0.0949. The Balaban J connectivity index is 0.771. The molecule has 23 heteroatoms. The number of amides is 4. The van der Waals surface area contributed by atoms with E-state index in [4.69, 9.17) is 14.2 Å². The Hall–Kier alpha value is -7.24. The molecule has 2 unspecified atom stereocenters. The first kappa shape index (κ1) is 49.2. The molecule has 2 aromatic carbocycles. The number of halogens is 2. The van der Waals surface area contributed by atoms with Crippen LogP contribution in [-0.2, 0) is 32.5 Å². The van der Waals surface area contributed by atoms with Gasteiger partial charge < -0.3 is 45.1 Å². The number of aryl methyl sites for hydroxylation is 2. The minimum Gasteiger partial charge on any atom is -0.444 e. The first-order valence-corrected chi connectivity index (χ1v) is 23.0. The Morgan fingerprint density at radius 3 is 2.40 bits per heavy atom. The molecule has 6 aromatic rings. The Morgan fingerprint density at radius 1 is 0.943 bits per heavy atom. The number of carbonyl (C=O) groups excluding carboxylic acids is 4. The first-order chi connectivity index (χ1) is 33.6. The van der Waals surface area contributed by atoms with Gasteiger partial charge in [0.05, 0.1) is 54.6 Å². The molecule has 70 heavy (non-hydrogen) atoms. The minimum absolute atomic E-state index is 0.0505. The third kappa shape index (κ3) is 11.1. The van der Waals surface area contributed by atoms with Crippen LogP contribution in [-0.4, -0.2) is 138 Å². The number of hydrogen-bond acceptors (Lipinski definition) is 13. The molecular weight excluding hydrogens is 915 g/mol. The van der Waals surface area contributed by atoms with E-state index in [1.165, 1.54) is 38.3 Å². The highest BCUT2D eigenvalue weighted by Gasteiger charge is 2.32. The van der Waals surface area contributed by atoms with Crippen molar-refractivity contribution in [3.8, 4) is 5.69 Å². The molecule has 2 atom stereocenters. The van der Waals surface area contributed by atoms with Crippen LogP contribution in [0.25, 0.3) is 22.4 Å². The maximum absolute atomic E-state index is 14.3. The summed E-state index contributed by atoms with van der Waals surface area (Å²) < 4.78 is 51.0. The molecule has 4 amide bonds. The molecule has 2 fully saturated rings. The van der Waals surface area contributed by atoms with Gasteiger partial charge in [-0.3, -0.25) is 23.5 Å². The second-order valence-corrected chi connectivity index (χ2v) is 17.9. The average Bonchev–Trinajstić information content (AvgIpc) is 4.03. The molecule has 4 aromatic heterocycles. The van der Waals surface area contributed by atoms with Gasteiger partial charge in [0.2, 0.25) is 5.91 Å². The number of fused-ring (bicyclic) bond motifs is 2. The van der Waals surface area contributed by atoms with E-state index in [-0.39, 0.29) is 47.6 Å². The summed E-state index contributed by atoms with van der Waals surface area (Å²) in [6.07, 6.45) is 1.93. The number of para-hydroxylation sites is 1. The molecule has 21 nitrogen and oxygen atoms in total. The van der Waals surface area contributed by atoms with E-state index in [1.807, 2.05) is 43.9 Å². The summed E-state index contributed by atoms with van der Waals surface area (Å²) in [4.78, 5) is 73.0. The average molecular weight is 971 g/mol. The number of hydrogen-bond donors (Lipinski definition) is 4. The largest absolute Gasteiger partial charge is 0.444 e. The number of aliphatic hydroxyl groups is 1. The summed E-state index contributed by atoms with van der Waals surface area (Å²) in [5, 5.41) is 25.9. The smallest absolute Gasteiger partial charge is 0.410 e. The third-order valence-corrected chi connectivity index (χ3v) is 11.9. The minimum atomic E-state index is -3.02. The van der Waals surface area contributed by atoms with Crippen LogP contribution in [0.4, 0.5) is 25.1 Å². The predicted octanol–water partition coefficient (Wildman–Crippen LogP) is 3.98. The van der Waals surface area contributed by atoms with E-state index in [1.54, 1.807) is 40.9 Å². The first-order valence-electron chi connectivity index (χ1n) is 23.0. The normalized spacial score (nSPS) is 16.5. The maximum atomic E-state index is 14.3. The molecule has 4 N–H and O–H groups in total. The van der Waals surface area contributed by atoms with Gasteiger partial charge in [-0.05, 0) is 88.4 Å². The highest BCUT2D eigenvalue weighted by molar-refractivity contribution is 6.08. The van der Waals surface area contributed by atoms with Crippen molar-refractivity contribution >= 4 is 52.0 Å². The standard InChI is InChI=1S/C47H56F2N12O9/c1-47(2,3)70-46(67)58-21-19-57(20-22-58)36-16-18-59-41(53-36)32(27-51-59)43(64)52-33-28-60(55-38(33)40(48)49)31-12-10-30(11-13-31)42(63)50-17-24-69-26-25-68-23-6-8-29-7-5-9-34-39(29)56(4)45(66)61(34)35-14-15-37(62)54-44(35)65/h5,7,9-13,16,18,27-28,35,37,40,62H,6,8,14-15,17,19-26H2,1-4H3,(H,50,63)(H,52,64)(H,54,65). The van der Waals surface area contributed by atoms with Crippen molar-refractivity contribution in [2.45, 2.75) is 70.8 Å². The molecule has 2 aliphatic rings. The summed E-state index contributed by atoms with van der Waals surface area (Å²) in [6, 6.07) is 12.8. The number of carbonyl (C=O) groups is 4. The molecule has 0 bridgehead atoms. The SMILES string of the molecule is Cn1c(=O)n(C2CCC(O)NC2=O)c2cccc(CCCOCCOCCNC(=O)c3ccc(-n4cc(NC(=O)c5cnn6ccc(N7CCN(C(=O)OC(C)(C)C)CC7)nc56)c(C(F)F)n4)cc3)c21. The van der Waals surface area contributed by atoms with Gasteiger partial charge in [-0.25, -0.2) is 32.6 Å². The lowest BCUT2D eigenvalue weighted by molar-refractivity contribution is -0.130. The van der Waals surface area contributed by atoms with E-state index < -0.39 is 42.0 Å². The molecule has 0 aliphatic carbocycles. The molecule has 8 rings (SSSR count). The topological polar surface area (TPSA) is 234 Å². The number of nitrogens with zero attached hydrogens (tertiary/aromatic N) is 9. The van der Waals surface area contributed by atoms with E-state index in [0.717, 1.165) is 11.1 Å². The van der Waals surface area contributed by atoms with Crippen LogP contribution in [0, 0.1) is 0 Å². The summed E-state index contributed by atoms with van der Waals surface area (Å²) in [5.41, 5.74) is 1.55. The van der Waals surface area contributed by atoms with Crippen molar-refractivity contribution in [2.75, 3.05) is 69.4 Å². The van der Waals surface area contributed by atoms with Crippen molar-refractivity contribution < 1.29 is 47.3 Å². The van der Waals surface area contributed by atoms with Gasteiger partial charge in [0.1, 0.15) is 29.3 Å². The number of benzene rings is 2. The van der Waals surface area contributed by atoms with Crippen LogP contribution in [0.2, 0.25) is 0 Å². The number of anilines is 2. The van der Waals surface area contributed by atoms with E-state index in [9.17, 15) is 37.9 Å². The van der Waals surface area contributed by atoms with Crippen LogP contribution >= 0.6 is 0 Å². The highest BCUT2D eigenvalue weighted by atomic mass is 19.3. The number of rotatable bonds is 17. The molecule has 0 radical (unpaired) electrons. The number of piperazine rings is 1. The Morgan fingerprint density at radius 2 is 1.69 bits per heavy atom. The predicted molar refractivity (Wildman–Crippen MR) is 251 cm³/mol. The Bertz CT molecular complexity index is 2920. The Labute approximate surface area is 400 Å². The van der Waals surface area contributed by atoms with Crippen LogP contribution in [0.3, 0.4) is 0 Å². The second kappa shape index (κ2) is 21.2. The number of imidazole rings is 1. The number of piperidine rings is 1. The number of ether oxygens (including phenoxy) is 3. The molecular formula is C47H56F2N12O9. The fourth-order valence-corrected chi connectivity index (χ4v) is 8.45. The van der Waals surface area contributed by atoms with Gasteiger partial charge in [-0.15, -0.1) is 0 Å². The summed E-state index contributed by atoms with van der Waals surface area (Å²) in [7, 11) is 1.69. The van der Waals surface area contributed by atoms with Gasteiger partial charge >= 0.3 is 11.8 Å². The van der Waals surface area contributed by atoms with E-state index >= 15 is 0 Å². The zero-order valence-electron chi connectivity index (χ0n) is 39.3. The van der Waals surface area contributed by atoms with Gasteiger partial charge in [0.25, 0.3) is 18.2 Å². The van der Waals surface area contributed by atoms with Crippen LogP contribution in [0.1, 0.15) is 84.5 Å². The van der Waals surface area contributed by atoms with Gasteiger partial charge in [0.15, 0.2) is 11.3 Å². The molecule has 2 saturated heterocycles. The van der Waals surface area contributed by atoms with Gasteiger partial charge in [0, 0.05) is 58.1 Å². The number of aliphatic hydroxyl groups excluding tert-OH is 1. The molecule has 6 heterocycles. The summed E-state index contributed by atoms with van der Waals surface area (Å²) in [5.74, 6) is -0.920. The van der Waals surface area contributed by atoms with Crippen molar-refractivity contribution in [3.05, 3.63) is 100.0 Å². The van der Waals surface area contributed by atoms with E-state index in [0.29, 0.717) is 94.3 Å². The zero-order chi connectivity index (χ0) is 49.7. The van der Waals surface area contributed by atoms with Crippen LogP contribution in [0.15, 0.2) is 71.9 Å². The number of nitrogens with one attached hydrogen (secondary N) is 3. The van der Waals surface area contributed by atoms with Gasteiger partial charge in [-0.2, -0.15) is 10.2 Å². The molecule has 2 aliphatic heterocycles. The number of aromatic nitrogens is 7. The lowest BCUT2D eigenvalue weighted by atomic mass is 10.0. The van der Waals surface area contributed by atoms with Crippen molar-refractivity contribution in [2.24, 2.45) is 7.05 Å².